The molecule has 0 saturated heterocycles. The van der Waals surface area contributed by atoms with E-state index in [1.807, 2.05) is 38.1 Å². The second-order valence-corrected chi connectivity index (χ2v) is 6.49. The summed E-state index contributed by atoms with van der Waals surface area (Å²) in [6.45, 7) is 4.04. The summed E-state index contributed by atoms with van der Waals surface area (Å²) < 4.78 is 0. The number of rotatable bonds is 8. The van der Waals surface area contributed by atoms with Gasteiger partial charge in [0.15, 0.2) is 0 Å². The molecule has 1 aromatic carbocycles. The first-order valence-corrected chi connectivity index (χ1v) is 8.82. The molecule has 2 amide bonds. The Hall–Kier alpha value is -2.37. The van der Waals surface area contributed by atoms with E-state index in [0.717, 1.165) is 17.7 Å². The normalized spacial score (nSPS) is 14.2. The molecule has 25 heavy (non-hydrogen) atoms. The average molecular weight is 346 g/mol. The van der Waals surface area contributed by atoms with Crippen LogP contribution in [0, 0.1) is 5.41 Å². The molecular formula is C19H26N2O4. The van der Waals surface area contributed by atoms with Crippen molar-refractivity contribution >= 4 is 23.5 Å². The van der Waals surface area contributed by atoms with Crippen LogP contribution in [-0.2, 0) is 20.8 Å². The molecule has 136 valence electrons. The number of para-hydroxylation sites is 1. The fourth-order valence-corrected chi connectivity index (χ4v) is 3.19. The van der Waals surface area contributed by atoms with Crippen LogP contribution in [0.2, 0.25) is 0 Å². The summed E-state index contributed by atoms with van der Waals surface area (Å²) in [5, 5.41) is 12.1. The maximum atomic E-state index is 12.2. The SMILES string of the molecule is CCC(CC)(CNC(=O)CCN1C(=O)CCc2ccccc21)C(=O)O. The van der Waals surface area contributed by atoms with Crippen molar-refractivity contribution < 1.29 is 19.5 Å². The van der Waals surface area contributed by atoms with Gasteiger partial charge in [-0.05, 0) is 30.9 Å². The van der Waals surface area contributed by atoms with E-state index in [9.17, 15) is 19.5 Å². The first-order valence-electron chi connectivity index (χ1n) is 8.82. The molecule has 1 aliphatic heterocycles. The van der Waals surface area contributed by atoms with Crippen molar-refractivity contribution in [2.75, 3.05) is 18.0 Å². The number of nitrogens with zero attached hydrogens (tertiary/aromatic N) is 1. The molecule has 1 heterocycles. The lowest BCUT2D eigenvalue weighted by Crippen LogP contribution is -2.43. The van der Waals surface area contributed by atoms with Gasteiger partial charge in [-0.15, -0.1) is 0 Å². The molecule has 6 nitrogen and oxygen atoms in total. The predicted molar refractivity (Wildman–Crippen MR) is 95.4 cm³/mol. The third kappa shape index (κ3) is 4.18. The van der Waals surface area contributed by atoms with E-state index >= 15 is 0 Å². The number of fused-ring (bicyclic) bond motifs is 1. The highest BCUT2D eigenvalue weighted by molar-refractivity contribution is 5.97. The Balaban J connectivity index is 1.94. The molecule has 0 unspecified atom stereocenters. The van der Waals surface area contributed by atoms with Crippen LogP contribution in [0.25, 0.3) is 0 Å². The van der Waals surface area contributed by atoms with Crippen molar-refractivity contribution in [3.63, 3.8) is 0 Å². The van der Waals surface area contributed by atoms with Gasteiger partial charge >= 0.3 is 5.97 Å². The second kappa shape index (κ2) is 8.14. The van der Waals surface area contributed by atoms with Gasteiger partial charge in [0.25, 0.3) is 0 Å². The number of benzene rings is 1. The van der Waals surface area contributed by atoms with Crippen LogP contribution in [0.1, 0.15) is 45.1 Å². The van der Waals surface area contributed by atoms with Gasteiger partial charge in [0.05, 0.1) is 5.41 Å². The summed E-state index contributed by atoms with van der Waals surface area (Å²) >= 11 is 0. The van der Waals surface area contributed by atoms with Crippen LogP contribution in [0.5, 0.6) is 0 Å². The van der Waals surface area contributed by atoms with Crippen molar-refractivity contribution in [2.45, 2.75) is 46.0 Å². The average Bonchev–Trinajstić information content (AvgIpc) is 2.62. The molecule has 6 heteroatoms. The third-order valence-corrected chi connectivity index (χ3v) is 5.19. The van der Waals surface area contributed by atoms with Gasteiger partial charge in [0, 0.05) is 31.6 Å². The van der Waals surface area contributed by atoms with Crippen molar-refractivity contribution in [3.8, 4) is 0 Å². The number of aryl methyl sites for hydroxylation is 1. The number of hydrogen-bond acceptors (Lipinski definition) is 3. The smallest absolute Gasteiger partial charge is 0.311 e. The highest BCUT2D eigenvalue weighted by atomic mass is 16.4. The highest BCUT2D eigenvalue weighted by Crippen LogP contribution is 2.28. The second-order valence-electron chi connectivity index (χ2n) is 6.49. The first kappa shape index (κ1) is 19.0. The molecule has 1 aromatic rings. The van der Waals surface area contributed by atoms with Crippen molar-refractivity contribution in [1.82, 2.24) is 5.32 Å². The number of aliphatic carboxylic acids is 1. The Kier molecular flexibility index (Phi) is 6.17. The number of carbonyl (C=O) groups is 3. The quantitative estimate of drug-likeness (QED) is 0.756. The van der Waals surface area contributed by atoms with Gasteiger partial charge in [-0.2, -0.15) is 0 Å². The minimum absolute atomic E-state index is 0.0218. The summed E-state index contributed by atoms with van der Waals surface area (Å²) in [7, 11) is 0. The number of amides is 2. The number of carbonyl (C=O) groups excluding carboxylic acids is 2. The molecule has 0 aliphatic carbocycles. The fraction of sp³-hybridized carbons (Fsp3) is 0.526. The standard InChI is InChI=1S/C19H26N2O4/c1-3-19(4-2,18(24)25)13-20-16(22)11-12-21-15-8-6-5-7-14(15)9-10-17(21)23/h5-8H,3-4,9-13H2,1-2H3,(H,20,22)(H,24,25). The van der Waals surface area contributed by atoms with Crippen molar-refractivity contribution in [3.05, 3.63) is 29.8 Å². The van der Waals surface area contributed by atoms with Gasteiger partial charge < -0.3 is 15.3 Å². The van der Waals surface area contributed by atoms with E-state index < -0.39 is 11.4 Å². The van der Waals surface area contributed by atoms with E-state index in [0.29, 0.717) is 25.8 Å². The minimum Gasteiger partial charge on any atom is -0.481 e. The van der Waals surface area contributed by atoms with E-state index in [2.05, 4.69) is 5.32 Å². The summed E-state index contributed by atoms with van der Waals surface area (Å²) in [5.41, 5.74) is 1.06. The Labute approximate surface area is 148 Å². The number of hydrogen-bond donors (Lipinski definition) is 2. The van der Waals surface area contributed by atoms with E-state index in [-0.39, 0.29) is 24.8 Å². The Bertz CT molecular complexity index is 653. The van der Waals surface area contributed by atoms with Crippen LogP contribution in [-0.4, -0.2) is 36.0 Å². The first-order chi connectivity index (χ1) is 11.9. The molecule has 0 atom stereocenters. The van der Waals surface area contributed by atoms with Gasteiger partial charge in [-0.25, -0.2) is 0 Å². The van der Waals surface area contributed by atoms with Crippen LogP contribution in [0.4, 0.5) is 5.69 Å². The molecule has 0 bridgehead atoms. The lowest BCUT2D eigenvalue weighted by Gasteiger charge is -2.30. The van der Waals surface area contributed by atoms with Gasteiger partial charge in [-0.3, -0.25) is 14.4 Å². The van der Waals surface area contributed by atoms with Gasteiger partial charge in [-0.1, -0.05) is 32.0 Å². The van der Waals surface area contributed by atoms with E-state index in [1.54, 1.807) is 4.90 Å². The molecule has 0 saturated carbocycles. The Morgan fingerprint density at radius 2 is 1.88 bits per heavy atom. The molecule has 0 spiro atoms. The molecule has 2 N–H and O–H groups in total. The Morgan fingerprint density at radius 1 is 1.20 bits per heavy atom. The van der Waals surface area contributed by atoms with Gasteiger partial charge in [0.2, 0.25) is 11.8 Å². The van der Waals surface area contributed by atoms with Crippen molar-refractivity contribution in [2.24, 2.45) is 5.41 Å². The minimum atomic E-state index is -0.927. The van der Waals surface area contributed by atoms with Gasteiger partial charge in [0.1, 0.15) is 0 Å². The lowest BCUT2D eigenvalue weighted by atomic mass is 9.82. The fourth-order valence-electron chi connectivity index (χ4n) is 3.19. The molecule has 0 fully saturated rings. The summed E-state index contributed by atoms with van der Waals surface area (Å²) in [4.78, 5) is 37.5. The van der Waals surface area contributed by atoms with Crippen molar-refractivity contribution in [1.29, 1.82) is 0 Å². The molecule has 0 aromatic heterocycles. The largest absolute Gasteiger partial charge is 0.481 e. The van der Waals surface area contributed by atoms with E-state index in [1.165, 1.54) is 0 Å². The predicted octanol–water partition coefficient (Wildman–Crippen LogP) is 2.36. The molecule has 1 aliphatic rings. The van der Waals surface area contributed by atoms with E-state index in [4.69, 9.17) is 0 Å². The monoisotopic (exact) mass is 346 g/mol. The Morgan fingerprint density at radius 3 is 2.52 bits per heavy atom. The number of carboxylic acids is 1. The highest BCUT2D eigenvalue weighted by Gasteiger charge is 2.35. The zero-order valence-electron chi connectivity index (χ0n) is 14.9. The number of anilines is 1. The number of nitrogens with one attached hydrogen (secondary N) is 1. The topological polar surface area (TPSA) is 86.7 Å². The number of carboxylic acid groups (broad SMARTS) is 1. The summed E-state index contributed by atoms with van der Waals surface area (Å²) in [6.07, 6.45) is 2.25. The molecular weight excluding hydrogens is 320 g/mol. The van der Waals surface area contributed by atoms with Crippen LogP contribution < -0.4 is 10.2 Å². The zero-order valence-corrected chi connectivity index (χ0v) is 14.9. The van der Waals surface area contributed by atoms with Crippen LogP contribution in [0.15, 0.2) is 24.3 Å². The maximum absolute atomic E-state index is 12.2. The lowest BCUT2D eigenvalue weighted by molar-refractivity contribution is -0.149. The molecule has 2 rings (SSSR count). The van der Waals surface area contributed by atoms with Crippen LogP contribution >= 0.6 is 0 Å². The summed E-state index contributed by atoms with van der Waals surface area (Å²) in [5.74, 6) is -1.10. The summed E-state index contributed by atoms with van der Waals surface area (Å²) in [6, 6.07) is 7.72. The third-order valence-electron chi connectivity index (χ3n) is 5.19. The van der Waals surface area contributed by atoms with Crippen LogP contribution in [0.3, 0.4) is 0 Å². The zero-order chi connectivity index (χ0) is 18.4. The maximum Gasteiger partial charge on any atom is 0.311 e. The molecule has 0 radical (unpaired) electrons.